The van der Waals surface area contributed by atoms with Crippen LogP contribution in [0.1, 0.15) is 102 Å². The molecule has 3 atom stereocenters. The molecule has 0 aromatic heterocycles. The van der Waals surface area contributed by atoms with Crippen LogP contribution >= 0.6 is 0 Å². The Balaban J connectivity index is 1.70. The first-order chi connectivity index (χ1) is 21.2. The standard InChI is InChI=1S/C39H53N3O3/c1-10-39(8,37(45)41-34(30-16-12-11-13-17-30)36(44)42(9)26-27(2)3)25-24-28(4)40-35(43)33-19-15-14-18-32(33)29-20-22-31(23-21-29)38(5,6)7/h11-23,27-28,34H,10,24-26H2,1-9H3,(H,40,43)(H,41,45)/t28?,34-,39?/m0/s1. The molecule has 6 nitrogen and oxygen atoms in total. The predicted octanol–water partition coefficient (Wildman–Crippen LogP) is 7.94. The van der Waals surface area contributed by atoms with Crippen LogP contribution in [0.5, 0.6) is 0 Å². The molecule has 3 rings (SSSR count). The van der Waals surface area contributed by atoms with E-state index >= 15 is 0 Å². The number of hydrogen-bond acceptors (Lipinski definition) is 3. The van der Waals surface area contributed by atoms with Gasteiger partial charge in [-0.05, 0) is 65.8 Å². The predicted molar refractivity (Wildman–Crippen MR) is 185 cm³/mol. The van der Waals surface area contributed by atoms with Gasteiger partial charge in [0.1, 0.15) is 6.04 Å². The smallest absolute Gasteiger partial charge is 0.252 e. The van der Waals surface area contributed by atoms with Crippen LogP contribution in [-0.2, 0) is 15.0 Å². The Bertz CT molecular complexity index is 1430. The average molecular weight is 612 g/mol. The number of likely N-dealkylation sites (N-methyl/N-ethyl adjacent to an activating group) is 1. The quantitative estimate of drug-likeness (QED) is 0.206. The first kappa shape index (κ1) is 35.5. The molecule has 0 aliphatic carbocycles. The lowest BCUT2D eigenvalue weighted by molar-refractivity contribution is -0.139. The van der Waals surface area contributed by atoms with Gasteiger partial charge in [0.05, 0.1) is 0 Å². The molecule has 45 heavy (non-hydrogen) atoms. The van der Waals surface area contributed by atoms with Gasteiger partial charge in [-0.25, -0.2) is 0 Å². The Morgan fingerprint density at radius 2 is 1.40 bits per heavy atom. The van der Waals surface area contributed by atoms with Crippen LogP contribution in [0.2, 0.25) is 0 Å². The van der Waals surface area contributed by atoms with E-state index in [1.54, 1.807) is 11.9 Å². The summed E-state index contributed by atoms with van der Waals surface area (Å²) in [6.07, 6.45) is 1.78. The van der Waals surface area contributed by atoms with Gasteiger partial charge < -0.3 is 15.5 Å². The van der Waals surface area contributed by atoms with E-state index in [0.717, 1.165) is 16.7 Å². The molecule has 0 bridgehead atoms. The zero-order chi connectivity index (χ0) is 33.4. The van der Waals surface area contributed by atoms with E-state index in [1.807, 2.05) is 75.4 Å². The number of nitrogens with zero attached hydrogens (tertiary/aromatic N) is 1. The molecule has 2 N–H and O–H groups in total. The molecule has 0 saturated carbocycles. The maximum absolute atomic E-state index is 13.8. The van der Waals surface area contributed by atoms with Gasteiger partial charge in [-0.15, -0.1) is 0 Å². The van der Waals surface area contributed by atoms with E-state index in [-0.39, 0.29) is 29.2 Å². The van der Waals surface area contributed by atoms with Gasteiger partial charge in [-0.3, -0.25) is 14.4 Å². The number of carbonyl (C=O) groups is 3. The van der Waals surface area contributed by atoms with Gasteiger partial charge in [0.15, 0.2) is 0 Å². The van der Waals surface area contributed by atoms with Crippen LogP contribution in [0.3, 0.4) is 0 Å². The fourth-order valence-corrected chi connectivity index (χ4v) is 5.54. The lowest BCUT2D eigenvalue weighted by atomic mass is 9.80. The molecule has 6 heteroatoms. The van der Waals surface area contributed by atoms with Crippen molar-refractivity contribution in [1.82, 2.24) is 15.5 Å². The van der Waals surface area contributed by atoms with E-state index < -0.39 is 11.5 Å². The Kier molecular flexibility index (Phi) is 12.1. The molecule has 3 aromatic rings. The van der Waals surface area contributed by atoms with Gasteiger partial charge in [0, 0.05) is 30.6 Å². The normalized spacial score (nSPS) is 14.3. The SMILES string of the molecule is CCC(C)(CCC(C)NC(=O)c1ccccc1-c1ccc(C(C)(C)C)cc1)C(=O)N[C@H](C(=O)N(C)CC(C)C)c1ccccc1. The van der Waals surface area contributed by atoms with Crippen LogP contribution in [-0.4, -0.2) is 42.3 Å². The molecule has 0 heterocycles. The first-order valence-corrected chi connectivity index (χ1v) is 16.3. The number of hydrogen-bond donors (Lipinski definition) is 2. The van der Waals surface area contributed by atoms with Crippen LogP contribution in [0.25, 0.3) is 11.1 Å². The van der Waals surface area contributed by atoms with Crippen LogP contribution in [0.15, 0.2) is 78.9 Å². The molecular formula is C39H53N3O3. The summed E-state index contributed by atoms with van der Waals surface area (Å²) in [6.45, 7) is 17.2. The van der Waals surface area contributed by atoms with Crippen molar-refractivity contribution in [3.8, 4) is 11.1 Å². The summed E-state index contributed by atoms with van der Waals surface area (Å²) in [5.74, 6) is -0.116. The average Bonchev–Trinajstić information content (AvgIpc) is 3.01. The van der Waals surface area contributed by atoms with Gasteiger partial charge in [-0.1, -0.05) is 121 Å². The third-order valence-electron chi connectivity index (χ3n) is 8.74. The summed E-state index contributed by atoms with van der Waals surface area (Å²) in [5, 5.41) is 6.25. The monoisotopic (exact) mass is 611 g/mol. The van der Waals surface area contributed by atoms with E-state index in [1.165, 1.54) is 5.56 Å². The fraction of sp³-hybridized carbons (Fsp3) is 0.462. The molecule has 2 unspecified atom stereocenters. The van der Waals surface area contributed by atoms with Crippen molar-refractivity contribution in [2.24, 2.45) is 11.3 Å². The summed E-state index contributed by atoms with van der Waals surface area (Å²) >= 11 is 0. The third kappa shape index (κ3) is 9.53. The number of nitrogens with one attached hydrogen (secondary N) is 2. The summed E-state index contributed by atoms with van der Waals surface area (Å²) in [4.78, 5) is 42.5. The highest BCUT2D eigenvalue weighted by Gasteiger charge is 2.35. The molecule has 3 aromatic carbocycles. The molecular weight excluding hydrogens is 558 g/mol. The van der Waals surface area contributed by atoms with Crippen LogP contribution in [0.4, 0.5) is 0 Å². The second kappa shape index (κ2) is 15.4. The Morgan fingerprint density at radius 1 is 0.800 bits per heavy atom. The van der Waals surface area contributed by atoms with Crippen molar-refractivity contribution >= 4 is 17.7 Å². The maximum Gasteiger partial charge on any atom is 0.252 e. The Morgan fingerprint density at radius 3 is 1.98 bits per heavy atom. The molecule has 242 valence electrons. The number of carbonyl (C=O) groups excluding carboxylic acids is 3. The lowest BCUT2D eigenvalue weighted by Gasteiger charge is -2.32. The lowest BCUT2D eigenvalue weighted by Crippen LogP contribution is -2.47. The highest BCUT2D eigenvalue weighted by molar-refractivity contribution is 6.01. The summed E-state index contributed by atoms with van der Waals surface area (Å²) in [5.41, 5.74) is 3.85. The Labute approximate surface area is 271 Å². The first-order valence-electron chi connectivity index (χ1n) is 16.3. The summed E-state index contributed by atoms with van der Waals surface area (Å²) < 4.78 is 0. The van der Waals surface area contributed by atoms with Crippen molar-refractivity contribution in [2.45, 2.75) is 92.2 Å². The van der Waals surface area contributed by atoms with Crippen molar-refractivity contribution < 1.29 is 14.4 Å². The van der Waals surface area contributed by atoms with Crippen molar-refractivity contribution in [3.63, 3.8) is 0 Å². The second-order valence-electron chi connectivity index (χ2n) is 14.1. The highest BCUT2D eigenvalue weighted by atomic mass is 16.2. The van der Waals surface area contributed by atoms with Gasteiger partial charge in [0.25, 0.3) is 5.91 Å². The second-order valence-corrected chi connectivity index (χ2v) is 14.1. The van der Waals surface area contributed by atoms with Crippen molar-refractivity contribution in [2.75, 3.05) is 13.6 Å². The van der Waals surface area contributed by atoms with E-state index in [4.69, 9.17) is 0 Å². The zero-order valence-corrected chi connectivity index (χ0v) is 28.7. The summed E-state index contributed by atoms with van der Waals surface area (Å²) in [6, 6.07) is 24.6. The molecule has 0 spiro atoms. The van der Waals surface area contributed by atoms with Gasteiger partial charge in [-0.2, -0.15) is 0 Å². The molecule has 3 amide bonds. The van der Waals surface area contributed by atoms with Crippen molar-refractivity contribution in [3.05, 3.63) is 95.6 Å². The molecule has 0 fully saturated rings. The minimum atomic E-state index is -0.764. The number of rotatable bonds is 13. The van der Waals surface area contributed by atoms with Crippen LogP contribution in [0, 0.1) is 11.3 Å². The van der Waals surface area contributed by atoms with Gasteiger partial charge >= 0.3 is 0 Å². The maximum atomic E-state index is 13.8. The number of benzene rings is 3. The minimum absolute atomic E-state index is 0.0524. The highest BCUT2D eigenvalue weighted by Crippen LogP contribution is 2.31. The molecule has 0 saturated heterocycles. The van der Waals surface area contributed by atoms with Gasteiger partial charge in [0.2, 0.25) is 11.8 Å². The molecule has 0 aliphatic heterocycles. The largest absolute Gasteiger partial charge is 0.350 e. The zero-order valence-electron chi connectivity index (χ0n) is 28.7. The molecule has 0 radical (unpaired) electrons. The number of amides is 3. The van der Waals surface area contributed by atoms with E-state index in [2.05, 4.69) is 69.5 Å². The van der Waals surface area contributed by atoms with Crippen LogP contribution < -0.4 is 10.6 Å². The Hall–Kier alpha value is -3.93. The third-order valence-corrected chi connectivity index (χ3v) is 8.74. The summed E-state index contributed by atoms with van der Waals surface area (Å²) in [7, 11) is 1.78. The fourth-order valence-electron chi connectivity index (χ4n) is 5.54. The van der Waals surface area contributed by atoms with E-state index in [0.29, 0.717) is 37.3 Å². The molecule has 0 aliphatic rings. The topological polar surface area (TPSA) is 78.5 Å². The van der Waals surface area contributed by atoms with E-state index in [9.17, 15) is 14.4 Å². The minimum Gasteiger partial charge on any atom is -0.350 e. The van der Waals surface area contributed by atoms with Crippen molar-refractivity contribution in [1.29, 1.82) is 0 Å².